The van der Waals surface area contributed by atoms with Crippen LogP contribution in [0.15, 0.2) is 62.6 Å². The quantitative estimate of drug-likeness (QED) is 0.631. The zero-order valence-corrected chi connectivity index (χ0v) is 15.9. The van der Waals surface area contributed by atoms with Crippen molar-refractivity contribution in [3.8, 4) is 22.8 Å². The van der Waals surface area contributed by atoms with E-state index < -0.39 is 22.0 Å². The number of benzene rings is 2. The highest BCUT2D eigenvalue weighted by Crippen LogP contribution is 2.32. The summed E-state index contributed by atoms with van der Waals surface area (Å²) in [5, 5.41) is 0. The van der Waals surface area contributed by atoms with Gasteiger partial charge in [-0.3, -0.25) is 9.00 Å². The summed E-state index contributed by atoms with van der Waals surface area (Å²) in [7, 11) is 0.640. The van der Waals surface area contributed by atoms with Gasteiger partial charge in [0.25, 0.3) is 0 Å². The maximum Gasteiger partial charge on any atom is 0.228 e. The summed E-state index contributed by atoms with van der Waals surface area (Å²) in [6.07, 6.45) is 1.58. The maximum atomic E-state index is 14.3. The molecule has 3 aromatic rings. The molecule has 0 amide bonds. The molecule has 0 N–H and O–H groups in total. The van der Waals surface area contributed by atoms with E-state index >= 15 is 0 Å². The van der Waals surface area contributed by atoms with Crippen LogP contribution in [0.1, 0.15) is 5.76 Å². The molecule has 1 atom stereocenters. The zero-order chi connectivity index (χ0) is 19.6. The molecule has 1 unspecified atom stereocenters. The summed E-state index contributed by atoms with van der Waals surface area (Å²) in [6.45, 7) is 3.45. The SMILES string of the molecule is C[B]c1ccc(Oc2c(-c3ccc(S(C)=O)cc3)oc(C)cc2=O)c(F)c1. The predicted molar refractivity (Wildman–Crippen MR) is 105 cm³/mol. The third-order valence-electron chi connectivity index (χ3n) is 3.98. The minimum atomic E-state index is -1.12. The summed E-state index contributed by atoms with van der Waals surface area (Å²) < 4.78 is 37.2. The lowest BCUT2D eigenvalue weighted by Gasteiger charge is -2.12. The second kappa shape index (κ2) is 7.92. The molecule has 0 bridgehead atoms. The standard InChI is InChI=1S/C20H17BFO4S/c1-12-10-17(23)20(26-18-9-6-14(21-2)11-16(18)22)19(25-12)13-4-7-15(8-5-13)27(3)24/h4-11H,1-3H3. The smallest absolute Gasteiger partial charge is 0.228 e. The Morgan fingerprint density at radius 3 is 2.41 bits per heavy atom. The first-order chi connectivity index (χ1) is 12.9. The van der Waals surface area contributed by atoms with Crippen molar-refractivity contribution in [2.45, 2.75) is 18.6 Å². The number of hydrogen-bond acceptors (Lipinski definition) is 4. The fraction of sp³-hybridized carbons (Fsp3) is 0.150. The molecule has 0 fully saturated rings. The molecule has 2 aromatic carbocycles. The average molecular weight is 383 g/mol. The Kier molecular flexibility index (Phi) is 5.61. The Morgan fingerprint density at radius 1 is 1.11 bits per heavy atom. The van der Waals surface area contributed by atoms with Crippen molar-refractivity contribution >= 4 is 23.5 Å². The largest absolute Gasteiger partial charge is 0.457 e. The lowest BCUT2D eigenvalue weighted by Crippen LogP contribution is -2.12. The minimum Gasteiger partial charge on any atom is -0.457 e. The van der Waals surface area contributed by atoms with Gasteiger partial charge in [-0.25, -0.2) is 4.39 Å². The van der Waals surface area contributed by atoms with Crippen molar-refractivity contribution < 1.29 is 17.8 Å². The first-order valence-electron chi connectivity index (χ1n) is 8.24. The Labute approximate surface area is 159 Å². The van der Waals surface area contributed by atoms with Crippen molar-refractivity contribution in [1.29, 1.82) is 0 Å². The Morgan fingerprint density at radius 2 is 1.81 bits per heavy atom. The van der Waals surface area contributed by atoms with Crippen molar-refractivity contribution in [3.63, 3.8) is 0 Å². The second-order valence-corrected chi connectivity index (χ2v) is 7.32. The van der Waals surface area contributed by atoms with E-state index in [1.165, 1.54) is 18.2 Å². The van der Waals surface area contributed by atoms with Crippen molar-refractivity contribution in [2.24, 2.45) is 0 Å². The van der Waals surface area contributed by atoms with E-state index in [-0.39, 0.29) is 17.3 Å². The Hall–Kier alpha value is -2.67. The van der Waals surface area contributed by atoms with Gasteiger partial charge in [-0.05, 0) is 43.3 Å². The van der Waals surface area contributed by atoms with Crippen LogP contribution in [0, 0.1) is 12.7 Å². The highest BCUT2D eigenvalue weighted by atomic mass is 32.2. The zero-order valence-electron chi connectivity index (χ0n) is 15.1. The normalized spacial score (nSPS) is 11.9. The molecule has 7 heteroatoms. The van der Waals surface area contributed by atoms with Crippen LogP contribution in [0.4, 0.5) is 4.39 Å². The maximum absolute atomic E-state index is 14.3. The predicted octanol–water partition coefficient (Wildman–Crippen LogP) is 3.66. The molecular weight excluding hydrogens is 366 g/mol. The Bertz CT molecular complexity index is 1060. The summed E-state index contributed by atoms with van der Waals surface area (Å²) in [5.41, 5.74) is 0.862. The number of aryl methyl sites for hydroxylation is 1. The van der Waals surface area contributed by atoms with E-state index in [0.29, 0.717) is 21.7 Å². The molecule has 1 aromatic heterocycles. The first-order valence-corrected chi connectivity index (χ1v) is 9.80. The van der Waals surface area contributed by atoms with E-state index in [0.717, 1.165) is 0 Å². The number of hydrogen-bond donors (Lipinski definition) is 0. The van der Waals surface area contributed by atoms with Gasteiger partial charge in [0.1, 0.15) is 13.0 Å². The van der Waals surface area contributed by atoms with Gasteiger partial charge in [-0.2, -0.15) is 0 Å². The van der Waals surface area contributed by atoms with Gasteiger partial charge in [-0.1, -0.05) is 18.4 Å². The highest BCUT2D eigenvalue weighted by Gasteiger charge is 2.18. The molecule has 27 heavy (non-hydrogen) atoms. The molecule has 0 saturated carbocycles. The highest BCUT2D eigenvalue weighted by molar-refractivity contribution is 7.84. The molecule has 0 aliphatic carbocycles. The Balaban J connectivity index is 2.08. The molecule has 0 spiro atoms. The molecule has 1 heterocycles. The molecule has 1 radical (unpaired) electrons. The molecule has 3 rings (SSSR count). The molecular formula is C20H17BFO4S. The van der Waals surface area contributed by atoms with Crippen LogP contribution in [-0.4, -0.2) is 17.7 Å². The van der Waals surface area contributed by atoms with Gasteiger partial charge in [-0.15, -0.1) is 0 Å². The molecule has 0 saturated heterocycles. The van der Waals surface area contributed by atoms with Gasteiger partial charge < -0.3 is 9.15 Å². The number of rotatable bonds is 5. The topological polar surface area (TPSA) is 56.5 Å². The summed E-state index contributed by atoms with van der Waals surface area (Å²) in [6, 6.07) is 12.5. The fourth-order valence-corrected chi connectivity index (χ4v) is 3.09. The van der Waals surface area contributed by atoms with E-state index in [2.05, 4.69) is 0 Å². The van der Waals surface area contributed by atoms with Crippen LogP contribution in [0.2, 0.25) is 6.82 Å². The molecule has 137 valence electrons. The van der Waals surface area contributed by atoms with Crippen LogP contribution in [0.25, 0.3) is 11.3 Å². The molecule has 4 nitrogen and oxygen atoms in total. The van der Waals surface area contributed by atoms with E-state index in [9.17, 15) is 13.4 Å². The lowest BCUT2D eigenvalue weighted by atomic mass is 9.73. The average Bonchev–Trinajstić information content (AvgIpc) is 2.65. The summed E-state index contributed by atoms with van der Waals surface area (Å²) >= 11 is 0. The van der Waals surface area contributed by atoms with Crippen molar-refractivity contribution in [3.05, 3.63) is 70.3 Å². The first kappa shape index (κ1) is 19.1. The van der Waals surface area contributed by atoms with E-state index in [1.807, 2.05) is 0 Å². The van der Waals surface area contributed by atoms with Crippen LogP contribution >= 0.6 is 0 Å². The van der Waals surface area contributed by atoms with Gasteiger partial charge in [0.2, 0.25) is 11.2 Å². The van der Waals surface area contributed by atoms with Gasteiger partial charge in [0.15, 0.2) is 17.3 Å². The van der Waals surface area contributed by atoms with Gasteiger partial charge >= 0.3 is 0 Å². The summed E-state index contributed by atoms with van der Waals surface area (Å²) in [4.78, 5) is 13.1. The van der Waals surface area contributed by atoms with E-state index in [1.54, 1.807) is 57.6 Å². The fourth-order valence-electron chi connectivity index (χ4n) is 2.57. The monoisotopic (exact) mass is 383 g/mol. The van der Waals surface area contributed by atoms with Crippen LogP contribution in [0.5, 0.6) is 11.5 Å². The van der Waals surface area contributed by atoms with Gasteiger partial charge in [0.05, 0.1) is 0 Å². The third-order valence-corrected chi connectivity index (χ3v) is 4.91. The molecule has 0 aliphatic rings. The van der Waals surface area contributed by atoms with Crippen LogP contribution < -0.4 is 15.6 Å². The second-order valence-electron chi connectivity index (χ2n) is 5.94. The minimum absolute atomic E-state index is 0.0655. The number of ether oxygens (including phenoxy) is 1. The van der Waals surface area contributed by atoms with Gasteiger partial charge in [0, 0.05) is 33.6 Å². The van der Waals surface area contributed by atoms with E-state index in [4.69, 9.17) is 9.15 Å². The van der Waals surface area contributed by atoms with Crippen LogP contribution in [0.3, 0.4) is 0 Å². The van der Waals surface area contributed by atoms with Crippen molar-refractivity contribution in [2.75, 3.05) is 6.26 Å². The number of halogens is 1. The lowest BCUT2D eigenvalue weighted by molar-refractivity contribution is 0.415. The van der Waals surface area contributed by atoms with Crippen LogP contribution in [-0.2, 0) is 10.8 Å². The summed E-state index contributed by atoms with van der Waals surface area (Å²) in [5.74, 6) is -0.142. The molecule has 0 aliphatic heterocycles. The van der Waals surface area contributed by atoms with Crippen molar-refractivity contribution in [1.82, 2.24) is 0 Å². The third kappa shape index (κ3) is 4.19.